The van der Waals surface area contributed by atoms with Gasteiger partial charge in [-0.15, -0.1) is 0 Å². The number of furan rings is 1. The first-order valence-electron chi connectivity index (χ1n) is 6.50. The number of nitrogens with zero attached hydrogens (tertiary/aromatic N) is 4. The second-order valence-electron chi connectivity index (χ2n) is 4.03. The molecule has 0 fully saturated rings. The van der Waals surface area contributed by atoms with E-state index in [0.29, 0.717) is 24.4 Å². The van der Waals surface area contributed by atoms with E-state index in [1.165, 1.54) is 0 Å². The number of anilines is 3. The molecule has 0 saturated carbocycles. The lowest BCUT2D eigenvalue weighted by molar-refractivity contribution is 0.517. The molecule has 8 nitrogen and oxygen atoms in total. The van der Waals surface area contributed by atoms with Crippen molar-refractivity contribution in [3.05, 3.63) is 24.2 Å². The summed E-state index contributed by atoms with van der Waals surface area (Å²) >= 11 is 0. The summed E-state index contributed by atoms with van der Waals surface area (Å²) in [6.45, 7) is 6.20. The third kappa shape index (κ3) is 3.35. The number of hydrogen-bond donors (Lipinski definition) is 3. The van der Waals surface area contributed by atoms with E-state index in [2.05, 4.69) is 25.7 Å². The van der Waals surface area contributed by atoms with Gasteiger partial charge in [0.1, 0.15) is 5.76 Å². The van der Waals surface area contributed by atoms with Crippen LogP contribution in [0.25, 0.3) is 0 Å². The van der Waals surface area contributed by atoms with Crippen molar-refractivity contribution in [3.8, 4) is 0 Å². The third-order valence-corrected chi connectivity index (χ3v) is 2.80. The van der Waals surface area contributed by atoms with Crippen LogP contribution in [0.4, 0.5) is 17.8 Å². The molecule has 2 aromatic rings. The van der Waals surface area contributed by atoms with Crippen LogP contribution in [0.1, 0.15) is 19.6 Å². The molecular weight excluding hydrogens is 258 g/mol. The first kappa shape index (κ1) is 14.1. The van der Waals surface area contributed by atoms with Crippen LogP contribution < -0.4 is 21.5 Å². The Morgan fingerprint density at radius 1 is 1.20 bits per heavy atom. The molecule has 8 heteroatoms. The number of hydrogen-bond acceptors (Lipinski definition) is 8. The fourth-order valence-corrected chi connectivity index (χ4v) is 1.74. The first-order valence-corrected chi connectivity index (χ1v) is 6.50. The summed E-state index contributed by atoms with van der Waals surface area (Å²) < 4.78 is 5.25. The van der Waals surface area contributed by atoms with Crippen molar-refractivity contribution < 1.29 is 4.42 Å². The maximum atomic E-state index is 5.39. The van der Waals surface area contributed by atoms with Gasteiger partial charge in [-0.25, -0.2) is 5.84 Å². The molecule has 0 aromatic carbocycles. The molecule has 0 unspecified atom stereocenters. The Kier molecular flexibility index (Phi) is 4.72. The highest BCUT2D eigenvalue weighted by Gasteiger charge is 2.10. The monoisotopic (exact) mass is 277 g/mol. The SMILES string of the molecule is CCN(CC)c1nc(NN)nc(NCc2ccco2)n1. The zero-order valence-corrected chi connectivity index (χ0v) is 11.6. The quantitative estimate of drug-likeness (QED) is 0.512. The van der Waals surface area contributed by atoms with Crippen LogP contribution in [-0.4, -0.2) is 28.0 Å². The van der Waals surface area contributed by atoms with E-state index in [1.54, 1.807) is 6.26 Å². The smallest absolute Gasteiger partial charge is 0.243 e. The molecule has 2 heterocycles. The van der Waals surface area contributed by atoms with E-state index < -0.39 is 0 Å². The Hall–Kier alpha value is -2.35. The average molecular weight is 277 g/mol. The van der Waals surface area contributed by atoms with Crippen molar-refractivity contribution in [2.24, 2.45) is 5.84 Å². The van der Waals surface area contributed by atoms with Gasteiger partial charge in [-0.1, -0.05) is 0 Å². The fraction of sp³-hybridized carbons (Fsp3) is 0.417. The Balaban J connectivity index is 2.16. The van der Waals surface area contributed by atoms with Crippen LogP contribution in [0.2, 0.25) is 0 Å². The van der Waals surface area contributed by atoms with Crippen molar-refractivity contribution in [1.82, 2.24) is 15.0 Å². The number of hydrazine groups is 1. The van der Waals surface area contributed by atoms with Crippen molar-refractivity contribution >= 4 is 17.8 Å². The zero-order chi connectivity index (χ0) is 14.4. The molecule has 0 amide bonds. The molecule has 0 spiro atoms. The van der Waals surface area contributed by atoms with Crippen molar-refractivity contribution in [3.63, 3.8) is 0 Å². The van der Waals surface area contributed by atoms with Gasteiger partial charge in [0.15, 0.2) is 0 Å². The molecular formula is C12H19N7O. The summed E-state index contributed by atoms with van der Waals surface area (Å²) in [6.07, 6.45) is 1.62. The Labute approximate surface area is 117 Å². The minimum Gasteiger partial charge on any atom is -0.467 e. The van der Waals surface area contributed by atoms with Gasteiger partial charge < -0.3 is 14.6 Å². The third-order valence-electron chi connectivity index (χ3n) is 2.80. The highest BCUT2D eigenvalue weighted by atomic mass is 16.3. The Bertz CT molecular complexity index is 525. The van der Waals surface area contributed by atoms with Gasteiger partial charge in [-0.2, -0.15) is 15.0 Å². The van der Waals surface area contributed by atoms with Gasteiger partial charge in [0.05, 0.1) is 12.8 Å². The van der Waals surface area contributed by atoms with E-state index in [1.807, 2.05) is 30.9 Å². The van der Waals surface area contributed by atoms with Crippen LogP contribution >= 0.6 is 0 Å². The normalized spacial score (nSPS) is 10.3. The van der Waals surface area contributed by atoms with E-state index in [9.17, 15) is 0 Å². The lowest BCUT2D eigenvalue weighted by Gasteiger charge is -2.19. The van der Waals surface area contributed by atoms with Crippen molar-refractivity contribution in [2.75, 3.05) is 28.7 Å². The van der Waals surface area contributed by atoms with Gasteiger partial charge in [0.2, 0.25) is 17.8 Å². The molecule has 0 radical (unpaired) electrons. The highest BCUT2D eigenvalue weighted by Crippen LogP contribution is 2.13. The average Bonchev–Trinajstić information content (AvgIpc) is 2.99. The maximum Gasteiger partial charge on any atom is 0.243 e. The van der Waals surface area contributed by atoms with E-state index in [-0.39, 0.29) is 0 Å². The summed E-state index contributed by atoms with van der Waals surface area (Å²) in [5.74, 6) is 7.55. The molecule has 20 heavy (non-hydrogen) atoms. The van der Waals surface area contributed by atoms with Crippen LogP contribution in [0.15, 0.2) is 22.8 Å². The Morgan fingerprint density at radius 3 is 2.55 bits per heavy atom. The summed E-state index contributed by atoms with van der Waals surface area (Å²) in [7, 11) is 0. The molecule has 0 saturated heterocycles. The molecule has 0 atom stereocenters. The molecule has 0 aliphatic heterocycles. The minimum absolute atomic E-state index is 0.323. The summed E-state index contributed by atoms with van der Waals surface area (Å²) in [5, 5.41) is 3.09. The summed E-state index contributed by atoms with van der Waals surface area (Å²) in [6, 6.07) is 3.71. The van der Waals surface area contributed by atoms with Crippen molar-refractivity contribution in [2.45, 2.75) is 20.4 Å². The molecule has 2 rings (SSSR count). The van der Waals surface area contributed by atoms with E-state index in [0.717, 1.165) is 18.8 Å². The maximum absolute atomic E-state index is 5.39. The summed E-state index contributed by atoms with van der Waals surface area (Å²) in [5.41, 5.74) is 2.45. The number of aromatic nitrogens is 3. The topological polar surface area (TPSA) is 105 Å². The highest BCUT2D eigenvalue weighted by molar-refractivity contribution is 5.43. The minimum atomic E-state index is 0.323. The van der Waals surface area contributed by atoms with Crippen LogP contribution in [0, 0.1) is 0 Å². The van der Waals surface area contributed by atoms with Crippen LogP contribution in [0.5, 0.6) is 0 Å². The molecule has 2 aromatic heterocycles. The summed E-state index contributed by atoms with van der Waals surface area (Å²) in [4.78, 5) is 14.8. The van der Waals surface area contributed by atoms with Gasteiger partial charge in [0.25, 0.3) is 0 Å². The number of nitrogens with one attached hydrogen (secondary N) is 2. The van der Waals surface area contributed by atoms with Gasteiger partial charge >= 0.3 is 0 Å². The van der Waals surface area contributed by atoms with Gasteiger partial charge in [0, 0.05) is 13.1 Å². The molecule has 4 N–H and O–H groups in total. The van der Waals surface area contributed by atoms with Crippen LogP contribution in [-0.2, 0) is 6.54 Å². The number of rotatable bonds is 7. The van der Waals surface area contributed by atoms with Gasteiger partial charge in [-0.05, 0) is 26.0 Å². The predicted molar refractivity (Wildman–Crippen MR) is 77.2 cm³/mol. The Morgan fingerprint density at radius 2 is 1.95 bits per heavy atom. The van der Waals surface area contributed by atoms with E-state index >= 15 is 0 Å². The van der Waals surface area contributed by atoms with E-state index in [4.69, 9.17) is 10.3 Å². The largest absolute Gasteiger partial charge is 0.467 e. The lowest BCUT2D eigenvalue weighted by Crippen LogP contribution is -2.26. The standard InChI is InChI=1S/C12H19N7O/c1-3-19(4-2)12-16-10(15-11(17-12)18-13)14-8-9-6-5-7-20-9/h5-7H,3-4,8,13H2,1-2H3,(H2,14,15,16,17,18). The lowest BCUT2D eigenvalue weighted by atomic mass is 10.4. The van der Waals surface area contributed by atoms with Crippen LogP contribution in [0.3, 0.4) is 0 Å². The number of nitrogen functional groups attached to an aromatic ring is 1. The predicted octanol–water partition coefficient (Wildman–Crippen LogP) is 1.21. The second-order valence-corrected chi connectivity index (χ2v) is 4.03. The van der Waals surface area contributed by atoms with Gasteiger partial charge in [-0.3, -0.25) is 5.43 Å². The van der Waals surface area contributed by atoms with Crippen molar-refractivity contribution in [1.29, 1.82) is 0 Å². The first-order chi connectivity index (χ1) is 9.76. The molecule has 0 bridgehead atoms. The molecule has 0 aliphatic carbocycles. The fourth-order valence-electron chi connectivity index (χ4n) is 1.74. The molecule has 108 valence electrons. The number of nitrogens with two attached hydrogens (primary N) is 1. The molecule has 0 aliphatic rings. The zero-order valence-electron chi connectivity index (χ0n) is 11.6. The second kappa shape index (κ2) is 6.71.